The fraction of sp³-hybridized carbons (Fsp3) is 0. The lowest BCUT2D eigenvalue weighted by atomic mass is 10.2. The highest BCUT2D eigenvalue weighted by Crippen LogP contribution is 2.18. The van der Waals surface area contributed by atoms with Crippen LogP contribution in [0.2, 0.25) is 0 Å². The van der Waals surface area contributed by atoms with E-state index >= 15 is 0 Å². The zero-order valence-electron chi connectivity index (χ0n) is 11.4. The van der Waals surface area contributed by atoms with Gasteiger partial charge in [-0.1, -0.05) is 30.3 Å². The van der Waals surface area contributed by atoms with Gasteiger partial charge in [0.2, 0.25) is 0 Å². The molecule has 0 atom stereocenters. The molecule has 0 bridgehead atoms. The van der Waals surface area contributed by atoms with Crippen LogP contribution in [0.25, 0.3) is 0 Å². The van der Waals surface area contributed by atoms with E-state index in [0.717, 1.165) is 5.56 Å². The Morgan fingerprint density at radius 1 is 1.09 bits per heavy atom. The molecule has 0 aliphatic heterocycles. The minimum Gasteiger partial charge on any atom is -0.375 e. The molecule has 112 valence electrons. The van der Waals surface area contributed by atoms with Crippen molar-refractivity contribution in [1.29, 1.82) is 0 Å². The van der Waals surface area contributed by atoms with Gasteiger partial charge in [0.25, 0.3) is 5.69 Å². The Morgan fingerprint density at radius 3 is 2.27 bits per heavy atom. The van der Waals surface area contributed by atoms with Crippen LogP contribution in [0.1, 0.15) is 5.56 Å². The summed E-state index contributed by atoms with van der Waals surface area (Å²) in [5.41, 5.74) is 12.2. The minimum absolute atomic E-state index is 0.00873. The molecule has 0 amide bonds. The summed E-state index contributed by atoms with van der Waals surface area (Å²) in [6.07, 6.45) is 0. The maximum Gasteiger partial charge on any atom is 0.269 e. The maximum atomic E-state index is 10.7. The number of amidine groups is 1. The van der Waals surface area contributed by atoms with E-state index in [1.165, 1.54) is 12.1 Å². The number of hydrazine groups is 1. The Labute approximate surface area is 132 Å². The van der Waals surface area contributed by atoms with E-state index in [1.807, 2.05) is 30.3 Å². The normalized spacial score (nSPS) is 10.8. The summed E-state index contributed by atoms with van der Waals surface area (Å²) in [6.45, 7) is 0. The van der Waals surface area contributed by atoms with Crippen molar-refractivity contribution in [2.45, 2.75) is 0 Å². The number of hydrogen-bond acceptors (Lipinski definition) is 4. The van der Waals surface area contributed by atoms with Gasteiger partial charge in [0, 0.05) is 17.7 Å². The monoisotopic (exact) mass is 315 g/mol. The highest BCUT2D eigenvalue weighted by molar-refractivity contribution is 7.80. The second kappa shape index (κ2) is 7.14. The average Bonchev–Trinajstić information content (AvgIpc) is 2.52. The number of nitro groups is 1. The summed E-state index contributed by atoms with van der Waals surface area (Å²) < 4.78 is 0. The molecule has 0 aliphatic carbocycles. The first-order valence-electron chi connectivity index (χ1n) is 6.26. The number of nitro benzene ring substituents is 1. The number of nitrogens with one attached hydrogen (secondary N) is 2. The van der Waals surface area contributed by atoms with Gasteiger partial charge in [-0.25, -0.2) is 4.99 Å². The molecule has 0 aliphatic rings. The molecule has 0 heterocycles. The fourth-order valence-corrected chi connectivity index (χ4v) is 1.71. The minimum atomic E-state index is -0.460. The molecular formula is C14H13N5O2S. The van der Waals surface area contributed by atoms with Gasteiger partial charge >= 0.3 is 0 Å². The lowest BCUT2D eigenvalue weighted by Crippen LogP contribution is -2.44. The molecule has 2 rings (SSSR count). The molecule has 7 nitrogen and oxygen atoms in total. The summed E-state index contributed by atoms with van der Waals surface area (Å²) >= 11 is 4.75. The van der Waals surface area contributed by atoms with Crippen LogP contribution in [-0.2, 0) is 0 Å². The van der Waals surface area contributed by atoms with Crippen LogP contribution >= 0.6 is 12.2 Å². The van der Waals surface area contributed by atoms with E-state index < -0.39 is 4.92 Å². The average molecular weight is 315 g/mol. The highest BCUT2D eigenvalue weighted by Gasteiger charge is 2.06. The Bertz CT molecular complexity index is 701. The number of benzene rings is 2. The van der Waals surface area contributed by atoms with E-state index in [2.05, 4.69) is 15.8 Å². The van der Waals surface area contributed by atoms with Crippen molar-refractivity contribution in [2.24, 2.45) is 10.7 Å². The fourth-order valence-electron chi connectivity index (χ4n) is 1.66. The van der Waals surface area contributed by atoms with Gasteiger partial charge in [0.1, 0.15) is 0 Å². The molecule has 0 fully saturated rings. The second-order valence-electron chi connectivity index (χ2n) is 4.21. The molecule has 0 radical (unpaired) electrons. The summed E-state index contributed by atoms with van der Waals surface area (Å²) in [5.74, 6) is 0.488. The Balaban J connectivity index is 2.30. The third-order valence-corrected chi connectivity index (χ3v) is 2.75. The van der Waals surface area contributed by atoms with Crippen LogP contribution in [0.15, 0.2) is 59.6 Å². The van der Waals surface area contributed by atoms with Crippen LogP contribution in [0.5, 0.6) is 0 Å². The third-order valence-electron chi connectivity index (χ3n) is 2.65. The van der Waals surface area contributed by atoms with E-state index in [-0.39, 0.29) is 10.8 Å². The molecule has 2 aromatic rings. The first-order chi connectivity index (χ1) is 10.6. The topological polar surface area (TPSA) is 106 Å². The first-order valence-corrected chi connectivity index (χ1v) is 6.67. The van der Waals surface area contributed by atoms with Crippen molar-refractivity contribution in [3.05, 3.63) is 70.3 Å². The smallest absolute Gasteiger partial charge is 0.269 e. The molecule has 2 aromatic carbocycles. The number of nitrogens with zero attached hydrogens (tertiary/aromatic N) is 2. The SMILES string of the molecule is NC(=S)NNC(=Nc1ccc([N+](=O)[O-])cc1)c1ccccc1. The summed E-state index contributed by atoms with van der Waals surface area (Å²) in [5, 5.41) is 10.7. The Kier molecular flexibility index (Phi) is 4.99. The molecule has 0 unspecified atom stereocenters. The molecule has 8 heteroatoms. The number of aliphatic imine (C=N–C) groups is 1. The first kappa shape index (κ1) is 15.4. The quantitative estimate of drug-likeness (QED) is 0.263. The van der Waals surface area contributed by atoms with Crippen molar-refractivity contribution in [2.75, 3.05) is 0 Å². The molecule has 0 aromatic heterocycles. The summed E-state index contributed by atoms with van der Waals surface area (Å²) in [6, 6.07) is 15.2. The van der Waals surface area contributed by atoms with Crippen molar-refractivity contribution >= 4 is 34.5 Å². The van der Waals surface area contributed by atoms with Crippen LogP contribution in [0, 0.1) is 10.1 Å². The predicted octanol–water partition coefficient (Wildman–Crippen LogP) is 2.01. The maximum absolute atomic E-state index is 10.7. The van der Waals surface area contributed by atoms with E-state index in [4.69, 9.17) is 18.0 Å². The number of hydrogen-bond donors (Lipinski definition) is 3. The third kappa shape index (κ3) is 4.25. The molecular weight excluding hydrogens is 302 g/mol. The zero-order chi connectivity index (χ0) is 15.9. The van der Waals surface area contributed by atoms with Gasteiger partial charge in [-0.3, -0.25) is 21.0 Å². The molecule has 0 spiro atoms. The van der Waals surface area contributed by atoms with Gasteiger partial charge in [-0.05, 0) is 24.4 Å². The lowest BCUT2D eigenvalue weighted by molar-refractivity contribution is -0.384. The number of thiocarbonyl (C=S) groups is 1. The zero-order valence-corrected chi connectivity index (χ0v) is 12.2. The van der Waals surface area contributed by atoms with Crippen molar-refractivity contribution in [1.82, 2.24) is 10.9 Å². The van der Waals surface area contributed by atoms with E-state index in [9.17, 15) is 10.1 Å². The van der Waals surface area contributed by atoms with Gasteiger partial charge in [-0.15, -0.1) is 0 Å². The lowest BCUT2D eigenvalue weighted by Gasteiger charge is -2.11. The van der Waals surface area contributed by atoms with Crippen LogP contribution < -0.4 is 16.6 Å². The molecule has 22 heavy (non-hydrogen) atoms. The molecule has 0 saturated carbocycles. The number of nitrogens with two attached hydrogens (primary N) is 1. The van der Waals surface area contributed by atoms with Crippen molar-refractivity contribution in [3.8, 4) is 0 Å². The van der Waals surface area contributed by atoms with Crippen LogP contribution in [0.3, 0.4) is 0 Å². The number of non-ortho nitro benzene ring substituents is 1. The van der Waals surface area contributed by atoms with Crippen LogP contribution in [0.4, 0.5) is 11.4 Å². The Hall–Kier alpha value is -3.00. The molecule has 4 N–H and O–H groups in total. The summed E-state index contributed by atoms with van der Waals surface area (Å²) in [7, 11) is 0. The van der Waals surface area contributed by atoms with Gasteiger partial charge in [0.05, 0.1) is 10.6 Å². The number of rotatable bonds is 3. The van der Waals surface area contributed by atoms with Crippen molar-refractivity contribution in [3.63, 3.8) is 0 Å². The second-order valence-corrected chi connectivity index (χ2v) is 4.65. The van der Waals surface area contributed by atoms with E-state index in [1.54, 1.807) is 12.1 Å². The largest absolute Gasteiger partial charge is 0.375 e. The highest BCUT2D eigenvalue weighted by atomic mass is 32.1. The Morgan fingerprint density at radius 2 is 1.73 bits per heavy atom. The van der Waals surface area contributed by atoms with E-state index in [0.29, 0.717) is 11.5 Å². The standard InChI is InChI=1S/C14H13N5O2S/c15-14(22)18-17-13(10-4-2-1-3-5-10)16-11-6-8-12(9-7-11)19(20)21/h1-9H,(H,16,17)(H3,15,18,22). The van der Waals surface area contributed by atoms with Crippen LogP contribution in [-0.4, -0.2) is 15.9 Å². The molecule has 0 saturated heterocycles. The summed E-state index contributed by atoms with van der Waals surface area (Å²) in [4.78, 5) is 14.6. The predicted molar refractivity (Wildman–Crippen MR) is 88.8 cm³/mol. The van der Waals surface area contributed by atoms with Gasteiger partial charge < -0.3 is 5.73 Å². The van der Waals surface area contributed by atoms with Gasteiger partial charge in [0.15, 0.2) is 10.9 Å². The van der Waals surface area contributed by atoms with Crippen molar-refractivity contribution < 1.29 is 4.92 Å². The van der Waals surface area contributed by atoms with Gasteiger partial charge in [-0.2, -0.15) is 0 Å².